The van der Waals surface area contributed by atoms with Crippen LogP contribution in [0.1, 0.15) is 0 Å². The highest BCUT2D eigenvalue weighted by atomic mass is 32.2. The number of hydrogen-bond donors (Lipinski definition) is 0. The van der Waals surface area contributed by atoms with Crippen molar-refractivity contribution in [1.29, 1.82) is 0 Å². The highest BCUT2D eigenvalue weighted by Gasteiger charge is 2.12. The molecular formula is C8H9O3S. The molecule has 3 nitrogen and oxygen atoms in total. The van der Waals surface area contributed by atoms with Crippen LogP contribution in [0.4, 0.5) is 0 Å². The predicted molar refractivity (Wildman–Crippen MR) is 44.9 cm³/mol. The second kappa shape index (κ2) is 3.15. The molecule has 0 aromatic heterocycles. The topological polar surface area (TPSA) is 43.4 Å². The van der Waals surface area contributed by atoms with Gasteiger partial charge >= 0.3 is 0 Å². The summed E-state index contributed by atoms with van der Waals surface area (Å²) >= 11 is 0. The van der Waals surface area contributed by atoms with Crippen molar-refractivity contribution < 1.29 is 13.2 Å². The van der Waals surface area contributed by atoms with E-state index in [-0.39, 0.29) is 10.6 Å². The summed E-state index contributed by atoms with van der Waals surface area (Å²) in [5.41, 5.74) is 0. The van der Waals surface area contributed by atoms with Gasteiger partial charge in [-0.2, -0.15) is 0 Å². The van der Waals surface area contributed by atoms with E-state index in [1.165, 1.54) is 13.2 Å². The third-order valence-electron chi connectivity index (χ3n) is 1.39. The molecular weight excluding hydrogens is 176 g/mol. The third-order valence-corrected chi connectivity index (χ3v) is 2.51. The summed E-state index contributed by atoms with van der Waals surface area (Å²) in [6, 6.07) is 7.40. The average Bonchev–Trinajstić information content (AvgIpc) is 2.03. The Kier molecular flexibility index (Phi) is 2.38. The van der Waals surface area contributed by atoms with Crippen LogP contribution in [0.2, 0.25) is 0 Å². The van der Waals surface area contributed by atoms with Gasteiger partial charge in [-0.15, -0.1) is 0 Å². The Hall–Kier alpha value is -1.03. The maximum absolute atomic E-state index is 11.1. The van der Waals surface area contributed by atoms with Crippen molar-refractivity contribution in [1.82, 2.24) is 0 Å². The van der Waals surface area contributed by atoms with Crippen LogP contribution in [0.5, 0.6) is 5.75 Å². The van der Waals surface area contributed by atoms with Crippen LogP contribution >= 0.6 is 0 Å². The predicted octanol–water partition coefficient (Wildman–Crippen LogP) is 0.899. The molecule has 1 aromatic rings. The minimum absolute atomic E-state index is 0.174. The molecule has 0 fully saturated rings. The maximum atomic E-state index is 11.1. The van der Waals surface area contributed by atoms with Gasteiger partial charge in [0.15, 0.2) is 9.84 Å². The van der Waals surface area contributed by atoms with Crippen LogP contribution in [0.3, 0.4) is 0 Å². The van der Waals surface area contributed by atoms with Gasteiger partial charge in [-0.1, -0.05) is 12.1 Å². The highest BCUT2D eigenvalue weighted by Crippen LogP contribution is 2.21. The highest BCUT2D eigenvalue weighted by molar-refractivity contribution is 7.90. The molecule has 0 N–H and O–H groups in total. The zero-order valence-corrected chi connectivity index (χ0v) is 7.68. The van der Waals surface area contributed by atoms with Gasteiger partial charge in [0.05, 0.1) is 7.11 Å². The molecule has 65 valence electrons. The molecule has 1 rings (SSSR count). The maximum Gasteiger partial charge on any atom is 0.179 e. The van der Waals surface area contributed by atoms with E-state index in [0.29, 0.717) is 0 Å². The fraction of sp³-hybridized carbons (Fsp3) is 0.250. The van der Waals surface area contributed by atoms with Gasteiger partial charge in [-0.25, -0.2) is 8.42 Å². The van der Waals surface area contributed by atoms with Crippen molar-refractivity contribution >= 4 is 9.84 Å². The summed E-state index contributed by atoms with van der Waals surface area (Å²) in [5, 5.41) is 0. The van der Waals surface area contributed by atoms with Crippen molar-refractivity contribution in [2.75, 3.05) is 13.4 Å². The van der Waals surface area contributed by atoms with Crippen LogP contribution in [-0.2, 0) is 9.84 Å². The van der Waals surface area contributed by atoms with Gasteiger partial charge in [0.1, 0.15) is 10.6 Å². The number of para-hydroxylation sites is 1. The van der Waals surface area contributed by atoms with Crippen molar-refractivity contribution in [3.63, 3.8) is 0 Å². The lowest BCUT2D eigenvalue weighted by Gasteiger charge is -2.04. The molecule has 0 atom stereocenters. The Morgan fingerprint density at radius 1 is 1.50 bits per heavy atom. The molecule has 0 heterocycles. The smallest absolute Gasteiger partial charge is 0.179 e. The number of ether oxygens (including phenoxy) is 1. The first kappa shape index (κ1) is 9.06. The van der Waals surface area contributed by atoms with Crippen LogP contribution in [0.25, 0.3) is 0 Å². The van der Waals surface area contributed by atoms with Crippen LogP contribution in [0.15, 0.2) is 23.1 Å². The Morgan fingerprint density at radius 2 is 2.17 bits per heavy atom. The van der Waals surface area contributed by atoms with Gasteiger partial charge in [-0.05, 0) is 6.07 Å². The van der Waals surface area contributed by atoms with Crippen molar-refractivity contribution in [2.45, 2.75) is 4.90 Å². The molecule has 1 radical (unpaired) electrons. The zero-order chi connectivity index (χ0) is 9.19. The summed E-state index contributed by atoms with van der Waals surface area (Å²) in [7, 11) is -1.78. The summed E-state index contributed by atoms with van der Waals surface area (Å²) in [6.45, 7) is 0. The van der Waals surface area contributed by atoms with E-state index in [0.717, 1.165) is 6.26 Å². The first-order valence-corrected chi connectivity index (χ1v) is 5.19. The average molecular weight is 185 g/mol. The number of sulfone groups is 1. The van der Waals surface area contributed by atoms with Crippen LogP contribution in [-0.4, -0.2) is 21.8 Å². The third kappa shape index (κ3) is 1.76. The summed E-state index contributed by atoms with van der Waals surface area (Å²) in [4.78, 5) is 0.174. The minimum atomic E-state index is -3.20. The fourth-order valence-corrected chi connectivity index (χ4v) is 1.66. The van der Waals surface area contributed by atoms with Gasteiger partial charge in [-0.3, -0.25) is 0 Å². The molecule has 0 saturated heterocycles. The molecule has 0 aliphatic heterocycles. The van der Waals surface area contributed by atoms with E-state index >= 15 is 0 Å². The fourth-order valence-electron chi connectivity index (χ4n) is 0.858. The molecule has 0 unspecified atom stereocenters. The van der Waals surface area contributed by atoms with E-state index in [2.05, 4.69) is 6.07 Å². The Labute approximate surface area is 71.9 Å². The molecule has 0 amide bonds. The summed E-state index contributed by atoms with van der Waals surface area (Å²) in [5.74, 6) is 0.264. The second-order valence-electron chi connectivity index (χ2n) is 2.34. The summed E-state index contributed by atoms with van der Waals surface area (Å²) in [6.07, 6.45) is 1.14. The lowest BCUT2D eigenvalue weighted by Crippen LogP contribution is -1.99. The minimum Gasteiger partial charge on any atom is -0.495 e. The van der Waals surface area contributed by atoms with E-state index in [9.17, 15) is 8.42 Å². The van der Waals surface area contributed by atoms with Gasteiger partial charge in [0, 0.05) is 12.3 Å². The Balaban J connectivity index is 3.33. The lowest BCUT2D eigenvalue weighted by molar-refractivity contribution is 0.402. The van der Waals surface area contributed by atoms with E-state index < -0.39 is 9.84 Å². The number of hydrogen-bond acceptors (Lipinski definition) is 3. The van der Waals surface area contributed by atoms with Crippen LogP contribution < -0.4 is 4.74 Å². The SMILES string of the molecule is COc1[c]cccc1S(C)(=O)=O. The number of methoxy groups -OCH3 is 1. The Bertz CT molecular complexity index is 368. The largest absolute Gasteiger partial charge is 0.495 e. The van der Waals surface area contributed by atoms with Gasteiger partial charge in [0.25, 0.3) is 0 Å². The monoisotopic (exact) mass is 185 g/mol. The molecule has 12 heavy (non-hydrogen) atoms. The normalized spacial score (nSPS) is 11.2. The van der Waals surface area contributed by atoms with E-state index in [1.54, 1.807) is 12.1 Å². The number of rotatable bonds is 2. The van der Waals surface area contributed by atoms with Crippen molar-refractivity contribution in [3.8, 4) is 5.75 Å². The van der Waals surface area contributed by atoms with Crippen LogP contribution in [0, 0.1) is 6.07 Å². The second-order valence-corrected chi connectivity index (χ2v) is 4.32. The quantitative estimate of drug-likeness (QED) is 0.687. The van der Waals surface area contributed by atoms with E-state index in [1.807, 2.05) is 0 Å². The Morgan fingerprint density at radius 3 is 2.58 bits per heavy atom. The molecule has 0 aliphatic carbocycles. The first-order valence-electron chi connectivity index (χ1n) is 3.30. The zero-order valence-electron chi connectivity index (χ0n) is 6.87. The molecule has 1 aromatic carbocycles. The molecule has 0 saturated carbocycles. The number of benzene rings is 1. The summed E-state index contributed by atoms with van der Waals surface area (Å²) < 4.78 is 27.1. The van der Waals surface area contributed by atoms with Crippen molar-refractivity contribution in [3.05, 3.63) is 24.3 Å². The molecule has 4 heteroatoms. The first-order chi connectivity index (χ1) is 5.55. The van der Waals surface area contributed by atoms with E-state index in [4.69, 9.17) is 4.74 Å². The van der Waals surface area contributed by atoms with Crippen molar-refractivity contribution in [2.24, 2.45) is 0 Å². The lowest BCUT2D eigenvalue weighted by atomic mass is 10.3. The molecule has 0 spiro atoms. The molecule has 0 aliphatic rings. The molecule has 0 bridgehead atoms. The van der Waals surface area contributed by atoms with Gasteiger partial charge < -0.3 is 4.74 Å². The van der Waals surface area contributed by atoms with Gasteiger partial charge in [0.2, 0.25) is 0 Å². The standard InChI is InChI=1S/C8H9O3S/c1-11-7-5-3-4-6-8(7)12(2,9)10/h3-4,6H,1-2H3.